The molecule has 0 unspecified atom stereocenters. The van der Waals surface area contributed by atoms with Gasteiger partial charge in [0.1, 0.15) is 5.69 Å². The highest BCUT2D eigenvalue weighted by Gasteiger charge is 2.17. The predicted molar refractivity (Wildman–Crippen MR) is 98.0 cm³/mol. The maximum absolute atomic E-state index is 12.4. The standard InChI is InChI=1S/C19H22ClN3O/c1-13-11-14(20)7-8-17(13)22-16-9-10-21-18(12-16)19(24)23-15-5-3-2-4-6-15/h7-12,15H,2-6H2,1H3,(H,21,22)(H,23,24). The first-order chi connectivity index (χ1) is 11.6. The fraction of sp³-hybridized carbons (Fsp3) is 0.368. The largest absolute Gasteiger partial charge is 0.355 e. The number of benzene rings is 1. The van der Waals surface area contributed by atoms with E-state index in [1.54, 1.807) is 12.3 Å². The van der Waals surface area contributed by atoms with Gasteiger partial charge in [-0.15, -0.1) is 0 Å². The lowest BCUT2D eigenvalue weighted by molar-refractivity contribution is 0.0922. The molecule has 0 atom stereocenters. The summed E-state index contributed by atoms with van der Waals surface area (Å²) in [6.07, 6.45) is 7.43. The predicted octanol–water partition coefficient (Wildman–Crippen LogP) is 4.85. The summed E-state index contributed by atoms with van der Waals surface area (Å²) < 4.78 is 0. The monoisotopic (exact) mass is 343 g/mol. The van der Waals surface area contributed by atoms with Crippen LogP contribution in [-0.4, -0.2) is 16.9 Å². The van der Waals surface area contributed by atoms with Crippen LogP contribution in [0, 0.1) is 6.92 Å². The summed E-state index contributed by atoms with van der Waals surface area (Å²) in [5.74, 6) is -0.0987. The summed E-state index contributed by atoms with van der Waals surface area (Å²) in [5.41, 5.74) is 3.29. The van der Waals surface area contributed by atoms with Gasteiger partial charge in [-0.25, -0.2) is 0 Å². The van der Waals surface area contributed by atoms with Crippen LogP contribution in [-0.2, 0) is 0 Å². The molecule has 24 heavy (non-hydrogen) atoms. The number of hydrogen-bond donors (Lipinski definition) is 2. The van der Waals surface area contributed by atoms with Gasteiger partial charge in [0.05, 0.1) is 0 Å². The molecule has 4 nitrogen and oxygen atoms in total. The Balaban J connectivity index is 1.70. The van der Waals surface area contributed by atoms with Gasteiger partial charge in [-0.05, 0) is 55.7 Å². The first-order valence-corrected chi connectivity index (χ1v) is 8.80. The van der Waals surface area contributed by atoms with E-state index in [2.05, 4.69) is 15.6 Å². The van der Waals surface area contributed by atoms with Crippen LogP contribution in [0.4, 0.5) is 11.4 Å². The first kappa shape index (κ1) is 16.8. The third-order valence-corrected chi connectivity index (χ3v) is 4.64. The second-order valence-corrected chi connectivity index (χ2v) is 6.76. The zero-order chi connectivity index (χ0) is 16.9. The fourth-order valence-corrected chi connectivity index (χ4v) is 3.29. The van der Waals surface area contributed by atoms with E-state index in [0.29, 0.717) is 10.7 Å². The molecular weight excluding hydrogens is 322 g/mol. The van der Waals surface area contributed by atoms with Gasteiger partial charge in [0.15, 0.2) is 0 Å². The summed E-state index contributed by atoms with van der Waals surface area (Å²) in [7, 11) is 0. The quantitative estimate of drug-likeness (QED) is 0.834. The van der Waals surface area contributed by atoms with Crippen LogP contribution in [0.3, 0.4) is 0 Å². The number of nitrogens with one attached hydrogen (secondary N) is 2. The average Bonchev–Trinajstić information content (AvgIpc) is 2.59. The van der Waals surface area contributed by atoms with Crippen LogP contribution in [0.15, 0.2) is 36.5 Å². The minimum absolute atomic E-state index is 0.0987. The highest BCUT2D eigenvalue weighted by atomic mass is 35.5. The molecular formula is C19H22ClN3O. The van der Waals surface area contributed by atoms with Gasteiger partial charge in [-0.1, -0.05) is 30.9 Å². The number of aromatic nitrogens is 1. The first-order valence-electron chi connectivity index (χ1n) is 8.42. The second kappa shape index (κ2) is 7.67. The van der Waals surface area contributed by atoms with Gasteiger partial charge < -0.3 is 10.6 Å². The van der Waals surface area contributed by atoms with Crippen molar-refractivity contribution in [3.63, 3.8) is 0 Å². The van der Waals surface area contributed by atoms with Crippen LogP contribution < -0.4 is 10.6 Å². The molecule has 1 fully saturated rings. The molecule has 1 heterocycles. The lowest BCUT2D eigenvalue weighted by Crippen LogP contribution is -2.36. The zero-order valence-electron chi connectivity index (χ0n) is 13.8. The van der Waals surface area contributed by atoms with Gasteiger partial charge in [0, 0.05) is 28.6 Å². The Morgan fingerprint density at radius 2 is 1.96 bits per heavy atom. The third kappa shape index (κ3) is 4.26. The molecule has 2 aromatic rings. The van der Waals surface area contributed by atoms with E-state index in [1.165, 1.54) is 19.3 Å². The Bertz CT molecular complexity index is 726. The van der Waals surface area contributed by atoms with Gasteiger partial charge >= 0.3 is 0 Å². The van der Waals surface area contributed by atoms with Crippen molar-refractivity contribution in [1.82, 2.24) is 10.3 Å². The maximum Gasteiger partial charge on any atom is 0.270 e. The molecule has 126 valence electrons. The summed E-state index contributed by atoms with van der Waals surface area (Å²) >= 11 is 5.99. The molecule has 5 heteroatoms. The number of carbonyl (C=O) groups is 1. The highest BCUT2D eigenvalue weighted by Crippen LogP contribution is 2.24. The van der Waals surface area contributed by atoms with E-state index in [4.69, 9.17) is 11.6 Å². The molecule has 1 aromatic carbocycles. The van der Waals surface area contributed by atoms with Crippen molar-refractivity contribution >= 4 is 28.9 Å². The molecule has 1 aliphatic carbocycles. The van der Waals surface area contributed by atoms with Crippen molar-refractivity contribution in [2.24, 2.45) is 0 Å². The van der Waals surface area contributed by atoms with E-state index in [1.807, 2.05) is 31.2 Å². The number of pyridine rings is 1. The summed E-state index contributed by atoms with van der Waals surface area (Å²) in [6, 6.07) is 9.59. The van der Waals surface area contributed by atoms with Crippen LogP contribution in [0.2, 0.25) is 5.02 Å². The van der Waals surface area contributed by atoms with Crippen molar-refractivity contribution in [2.45, 2.75) is 45.1 Å². The molecule has 3 rings (SSSR count). The normalized spacial score (nSPS) is 15.1. The van der Waals surface area contributed by atoms with E-state index in [0.717, 1.165) is 29.8 Å². The van der Waals surface area contributed by atoms with E-state index in [-0.39, 0.29) is 11.9 Å². The van der Waals surface area contributed by atoms with Crippen molar-refractivity contribution in [3.8, 4) is 0 Å². The number of nitrogens with zero attached hydrogens (tertiary/aromatic N) is 1. The van der Waals surface area contributed by atoms with Crippen molar-refractivity contribution in [1.29, 1.82) is 0 Å². The fourth-order valence-electron chi connectivity index (χ4n) is 3.06. The molecule has 1 amide bonds. The molecule has 1 aliphatic rings. The molecule has 0 radical (unpaired) electrons. The minimum Gasteiger partial charge on any atom is -0.355 e. The molecule has 1 saturated carbocycles. The SMILES string of the molecule is Cc1cc(Cl)ccc1Nc1ccnc(C(=O)NC2CCCCC2)c1. The lowest BCUT2D eigenvalue weighted by Gasteiger charge is -2.22. The van der Waals surface area contributed by atoms with E-state index >= 15 is 0 Å². The average molecular weight is 344 g/mol. The number of hydrogen-bond acceptors (Lipinski definition) is 3. The van der Waals surface area contributed by atoms with Gasteiger partial charge in [-0.2, -0.15) is 0 Å². The number of anilines is 2. The van der Waals surface area contributed by atoms with Crippen molar-refractivity contribution in [2.75, 3.05) is 5.32 Å². The third-order valence-electron chi connectivity index (χ3n) is 4.40. The van der Waals surface area contributed by atoms with Crippen LogP contribution in [0.5, 0.6) is 0 Å². The molecule has 0 saturated heterocycles. The molecule has 1 aromatic heterocycles. The van der Waals surface area contributed by atoms with E-state index in [9.17, 15) is 4.79 Å². The molecule has 0 spiro atoms. The van der Waals surface area contributed by atoms with Gasteiger partial charge in [-0.3, -0.25) is 9.78 Å². The minimum atomic E-state index is -0.0987. The number of amides is 1. The summed E-state index contributed by atoms with van der Waals surface area (Å²) in [6.45, 7) is 1.99. The van der Waals surface area contributed by atoms with Crippen LogP contribution in [0.1, 0.15) is 48.2 Å². The molecule has 2 N–H and O–H groups in total. The summed E-state index contributed by atoms with van der Waals surface area (Å²) in [5, 5.41) is 7.13. The highest BCUT2D eigenvalue weighted by molar-refractivity contribution is 6.30. The zero-order valence-corrected chi connectivity index (χ0v) is 14.6. The summed E-state index contributed by atoms with van der Waals surface area (Å²) in [4.78, 5) is 16.6. The van der Waals surface area contributed by atoms with E-state index < -0.39 is 0 Å². The number of halogens is 1. The van der Waals surface area contributed by atoms with Crippen LogP contribution >= 0.6 is 11.6 Å². The smallest absolute Gasteiger partial charge is 0.270 e. The van der Waals surface area contributed by atoms with Crippen LogP contribution in [0.25, 0.3) is 0 Å². The number of carbonyl (C=O) groups excluding carboxylic acids is 1. The lowest BCUT2D eigenvalue weighted by atomic mass is 9.95. The van der Waals surface area contributed by atoms with Crippen molar-refractivity contribution < 1.29 is 4.79 Å². The van der Waals surface area contributed by atoms with Gasteiger partial charge in [0.2, 0.25) is 0 Å². The number of rotatable bonds is 4. The Morgan fingerprint density at radius 1 is 1.17 bits per heavy atom. The Labute approximate surface area is 147 Å². The van der Waals surface area contributed by atoms with Crippen molar-refractivity contribution in [3.05, 3.63) is 52.8 Å². The number of aryl methyl sites for hydroxylation is 1. The topological polar surface area (TPSA) is 54.0 Å². The second-order valence-electron chi connectivity index (χ2n) is 6.32. The Kier molecular flexibility index (Phi) is 5.36. The Morgan fingerprint density at radius 3 is 2.71 bits per heavy atom. The Hall–Kier alpha value is -2.07. The molecule has 0 bridgehead atoms. The maximum atomic E-state index is 12.4. The molecule has 0 aliphatic heterocycles. The van der Waals surface area contributed by atoms with Gasteiger partial charge in [0.25, 0.3) is 5.91 Å².